The SMILES string of the molecule is NCc1cccc(Cl)c1N1c2ccccc2SC1NC(=O)NC1CCN(Cc2ccccc2)C1. The van der Waals surface area contributed by atoms with E-state index in [4.69, 9.17) is 17.3 Å². The van der Waals surface area contributed by atoms with E-state index in [2.05, 4.69) is 50.8 Å². The Morgan fingerprint density at radius 1 is 1.03 bits per heavy atom. The molecule has 2 amide bonds. The van der Waals surface area contributed by atoms with Crippen LogP contribution in [0.15, 0.2) is 77.7 Å². The summed E-state index contributed by atoms with van der Waals surface area (Å²) >= 11 is 8.24. The molecular formula is C26H28ClN5OS. The number of urea groups is 1. The van der Waals surface area contributed by atoms with Gasteiger partial charge in [0.15, 0.2) is 5.50 Å². The van der Waals surface area contributed by atoms with Crippen LogP contribution in [-0.2, 0) is 13.1 Å². The number of carbonyl (C=O) groups excluding carboxylic acids is 1. The molecule has 0 bridgehead atoms. The third kappa shape index (κ3) is 4.88. The number of nitrogens with two attached hydrogens (primary N) is 1. The van der Waals surface area contributed by atoms with Crippen LogP contribution in [0.25, 0.3) is 0 Å². The maximum atomic E-state index is 13.0. The lowest BCUT2D eigenvalue weighted by atomic mass is 10.1. The van der Waals surface area contributed by atoms with Crippen molar-refractivity contribution in [1.29, 1.82) is 0 Å². The van der Waals surface area contributed by atoms with Crippen molar-refractivity contribution in [2.45, 2.75) is 35.9 Å². The van der Waals surface area contributed by atoms with E-state index in [1.807, 2.05) is 42.5 Å². The number of fused-ring (bicyclic) bond motifs is 1. The quantitative estimate of drug-likeness (QED) is 0.455. The standard InChI is InChI=1S/C26H28ClN5OS/c27-21-10-6-9-19(15-28)24(21)32-22-11-4-5-12-23(22)34-26(32)30-25(33)29-20-13-14-31(17-20)16-18-7-2-1-3-8-18/h1-12,20,26H,13-17,28H2,(H2,29,30,33). The van der Waals surface area contributed by atoms with Gasteiger partial charge in [0.1, 0.15) is 0 Å². The summed E-state index contributed by atoms with van der Waals surface area (Å²) in [6.07, 6.45) is 0.934. The number of nitrogens with zero attached hydrogens (tertiary/aromatic N) is 2. The van der Waals surface area contributed by atoms with Gasteiger partial charge >= 0.3 is 6.03 Å². The van der Waals surface area contributed by atoms with E-state index >= 15 is 0 Å². The van der Waals surface area contributed by atoms with Gasteiger partial charge in [-0.25, -0.2) is 4.79 Å². The average molecular weight is 494 g/mol. The number of anilines is 2. The molecule has 0 radical (unpaired) electrons. The smallest absolute Gasteiger partial charge is 0.317 e. The molecule has 176 valence electrons. The monoisotopic (exact) mass is 493 g/mol. The largest absolute Gasteiger partial charge is 0.334 e. The fourth-order valence-corrected chi connectivity index (χ4v) is 6.12. The summed E-state index contributed by atoms with van der Waals surface area (Å²) in [5, 5.41) is 6.95. The Morgan fingerprint density at radius 3 is 2.65 bits per heavy atom. The van der Waals surface area contributed by atoms with Crippen LogP contribution in [0.4, 0.5) is 16.2 Å². The van der Waals surface area contributed by atoms with E-state index < -0.39 is 0 Å². The Morgan fingerprint density at radius 2 is 1.82 bits per heavy atom. The summed E-state index contributed by atoms with van der Waals surface area (Å²) < 4.78 is 0. The summed E-state index contributed by atoms with van der Waals surface area (Å²) in [4.78, 5) is 18.6. The molecule has 1 fully saturated rings. The number of nitrogens with one attached hydrogen (secondary N) is 2. The lowest BCUT2D eigenvalue weighted by Gasteiger charge is -2.30. The second-order valence-electron chi connectivity index (χ2n) is 8.58. The van der Waals surface area contributed by atoms with Crippen molar-refractivity contribution in [2.24, 2.45) is 5.73 Å². The number of carbonyl (C=O) groups is 1. The molecule has 3 aromatic rings. The van der Waals surface area contributed by atoms with Gasteiger partial charge in [-0.3, -0.25) is 4.90 Å². The molecule has 4 N–H and O–H groups in total. The van der Waals surface area contributed by atoms with Gasteiger partial charge in [0.25, 0.3) is 0 Å². The maximum Gasteiger partial charge on any atom is 0.317 e. The number of thioether (sulfide) groups is 1. The molecule has 1 saturated heterocycles. The minimum Gasteiger partial charge on any atom is -0.334 e. The van der Waals surface area contributed by atoms with E-state index in [0.717, 1.165) is 47.9 Å². The molecule has 0 saturated carbocycles. The number of likely N-dealkylation sites (tertiary alicyclic amines) is 1. The molecule has 8 heteroatoms. The first-order valence-corrected chi connectivity index (χ1v) is 12.7. The van der Waals surface area contributed by atoms with Gasteiger partial charge in [-0.15, -0.1) is 0 Å². The molecule has 2 aliphatic rings. The number of hydrogen-bond donors (Lipinski definition) is 3. The highest BCUT2D eigenvalue weighted by molar-refractivity contribution is 8.00. The number of hydrogen-bond acceptors (Lipinski definition) is 5. The first-order valence-electron chi connectivity index (χ1n) is 11.5. The fourth-order valence-electron chi connectivity index (χ4n) is 4.66. The predicted octanol–water partition coefficient (Wildman–Crippen LogP) is 4.90. The van der Waals surface area contributed by atoms with E-state index in [1.165, 1.54) is 5.56 Å². The normalized spacial score (nSPS) is 19.8. The third-order valence-corrected chi connectivity index (χ3v) is 7.70. The molecule has 2 unspecified atom stereocenters. The minimum atomic E-state index is -0.329. The van der Waals surface area contributed by atoms with Crippen LogP contribution in [-0.4, -0.2) is 35.6 Å². The molecule has 0 spiro atoms. The van der Waals surface area contributed by atoms with Crippen LogP contribution in [0.3, 0.4) is 0 Å². The molecule has 6 nitrogen and oxygen atoms in total. The highest BCUT2D eigenvalue weighted by atomic mass is 35.5. The molecule has 2 heterocycles. The van der Waals surface area contributed by atoms with Crippen molar-refractivity contribution >= 4 is 40.8 Å². The molecule has 34 heavy (non-hydrogen) atoms. The number of para-hydroxylation sites is 2. The van der Waals surface area contributed by atoms with Gasteiger partial charge in [-0.2, -0.15) is 0 Å². The number of halogens is 1. The summed E-state index contributed by atoms with van der Waals surface area (Å²) in [5.41, 5.74) is 9.78. The minimum absolute atomic E-state index is 0.117. The lowest BCUT2D eigenvalue weighted by Crippen LogP contribution is -2.50. The Hall–Kier alpha value is -2.71. The molecule has 0 aliphatic carbocycles. The van der Waals surface area contributed by atoms with Gasteiger partial charge < -0.3 is 21.3 Å². The highest BCUT2D eigenvalue weighted by Gasteiger charge is 2.35. The molecule has 3 aromatic carbocycles. The zero-order valence-corrected chi connectivity index (χ0v) is 20.4. The third-order valence-electron chi connectivity index (χ3n) is 6.24. The van der Waals surface area contributed by atoms with Crippen molar-refractivity contribution in [3.63, 3.8) is 0 Å². The van der Waals surface area contributed by atoms with Crippen LogP contribution in [0.5, 0.6) is 0 Å². The van der Waals surface area contributed by atoms with Gasteiger partial charge in [-0.1, -0.05) is 78.0 Å². The average Bonchev–Trinajstić information content (AvgIpc) is 3.43. The fraction of sp³-hybridized carbons (Fsp3) is 0.269. The summed E-state index contributed by atoms with van der Waals surface area (Å²) in [6, 6.07) is 24.2. The zero-order valence-electron chi connectivity index (χ0n) is 18.8. The van der Waals surface area contributed by atoms with Crippen LogP contribution in [0.2, 0.25) is 5.02 Å². The Bertz CT molecular complexity index is 1160. The molecule has 2 atom stereocenters. The van der Waals surface area contributed by atoms with Gasteiger partial charge in [0.05, 0.1) is 16.4 Å². The number of amides is 2. The number of benzene rings is 3. The molecule has 2 aliphatic heterocycles. The van der Waals surface area contributed by atoms with Crippen LogP contribution in [0, 0.1) is 0 Å². The second-order valence-corrected chi connectivity index (χ2v) is 10.1. The van der Waals surface area contributed by atoms with Crippen molar-refractivity contribution in [3.8, 4) is 0 Å². The van der Waals surface area contributed by atoms with E-state index in [-0.39, 0.29) is 17.6 Å². The highest BCUT2D eigenvalue weighted by Crippen LogP contribution is 2.49. The zero-order chi connectivity index (χ0) is 23.5. The molecule has 5 rings (SSSR count). The molecular weight excluding hydrogens is 466 g/mol. The topological polar surface area (TPSA) is 73.6 Å². The first kappa shape index (κ1) is 23.1. The molecule has 0 aromatic heterocycles. The van der Waals surface area contributed by atoms with Gasteiger partial charge in [0, 0.05) is 37.1 Å². The maximum absolute atomic E-state index is 13.0. The van der Waals surface area contributed by atoms with Crippen molar-refractivity contribution in [3.05, 3.63) is 88.9 Å². The number of rotatable bonds is 6. The van der Waals surface area contributed by atoms with E-state index in [1.54, 1.807) is 11.8 Å². The van der Waals surface area contributed by atoms with Crippen molar-refractivity contribution in [1.82, 2.24) is 15.5 Å². The van der Waals surface area contributed by atoms with Crippen molar-refractivity contribution in [2.75, 3.05) is 18.0 Å². The lowest BCUT2D eigenvalue weighted by molar-refractivity contribution is 0.235. The Balaban J connectivity index is 1.28. The Kier molecular flexibility index (Phi) is 6.97. The predicted molar refractivity (Wildman–Crippen MR) is 139 cm³/mol. The van der Waals surface area contributed by atoms with Gasteiger partial charge in [0.2, 0.25) is 0 Å². The van der Waals surface area contributed by atoms with E-state index in [0.29, 0.717) is 11.6 Å². The Labute approximate surface area is 209 Å². The summed E-state index contributed by atoms with van der Waals surface area (Å²) in [7, 11) is 0. The van der Waals surface area contributed by atoms with Crippen LogP contribution in [0.1, 0.15) is 17.5 Å². The van der Waals surface area contributed by atoms with Gasteiger partial charge in [-0.05, 0) is 35.7 Å². The first-order chi connectivity index (χ1) is 16.6. The second kappa shape index (κ2) is 10.3. The van der Waals surface area contributed by atoms with E-state index in [9.17, 15) is 4.79 Å². The van der Waals surface area contributed by atoms with Crippen LogP contribution >= 0.6 is 23.4 Å². The van der Waals surface area contributed by atoms with Crippen LogP contribution < -0.4 is 21.3 Å². The van der Waals surface area contributed by atoms with Crippen molar-refractivity contribution < 1.29 is 4.79 Å². The summed E-state index contributed by atoms with van der Waals surface area (Å²) in [6.45, 7) is 3.06. The summed E-state index contributed by atoms with van der Waals surface area (Å²) in [5.74, 6) is 0.